The summed E-state index contributed by atoms with van der Waals surface area (Å²) < 4.78 is 0. The molecule has 17 heavy (non-hydrogen) atoms. The van der Waals surface area contributed by atoms with Crippen molar-refractivity contribution in [3.05, 3.63) is 29.8 Å². The summed E-state index contributed by atoms with van der Waals surface area (Å²) in [5.74, 6) is 0.365. The molecule has 0 saturated carbocycles. The maximum atomic E-state index is 11.8. The van der Waals surface area contributed by atoms with E-state index in [1.54, 1.807) is 12.1 Å². The van der Waals surface area contributed by atoms with Crippen LogP contribution in [0.25, 0.3) is 0 Å². The molecule has 1 aliphatic rings. The molecule has 4 nitrogen and oxygen atoms in total. The third-order valence-electron chi connectivity index (χ3n) is 3.11. The Balaban J connectivity index is 1.85. The predicted octanol–water partition coefficient (Wildman–Crippen LogP) is 1.01. The van der Waals surface area contributed by atoms with E-state index >= 15 is 0 Å². The minimum absolute atomic E-state index is 0.0644. The smallest absolute Gasteiger partial charge is 0.224 e. The lowest BCUT2D eigenvalue weighted by Gasteiger charge is -2.21. The summed E-state index contributed by atoms with van der Waals surface area (Å²) in [7, 11) is 0. The molecular formula is C13H18N2O2. The van der Waals surface area contributed by atoms with Gasteiger partial charge in [0.2, 0.25) is 5.91 Å². The van der Waals surface area contributed by atoms with Crippen LogP contribution in [-0.4, -0.2) is 24.1 Å². The second-order valence-electron chi connectivity index (χ2n) is 4.39. The molecule has 0 aromatic heterocycles. The Hall–Kier alpha value is -1.55. The number of hydrogen-bond acceptors (Lipinski definition) is 3. The summed E-state index contributed by atoms with van der Waals surface area (Å²) in [6.07, 6.45) is 1.99. The van der Waals surface area contributed by atoms with E-state index in [1.807, 2.05) is 12.1 Å². The van der Waals surface area contributed by atoms with Crippen LogP contribution in [0.2, 0.25) is 0 Å². The molecule has 1 aromatic carbocycles. The van der Waals surface area contributed by atoms with Crippen molar-refractivity contribution in [2.75, 3.05) is 13.1 Å². The number of para-hydroxylation sites is 1. The third kappa shape index (κ3) is 3.20. The third-order valence-corrected chi connectivity index (χ3v) is 3.11. The molecule has 1 aromatic rings. The fraction of sp³-hybridized carbons (Fsp3) is 0.462. The zero-order valence-electron chi connectivity index (χ0n) is 9.78. The largest absolute Gasteiger partial charge is 0.508 e. The average Bonchev–Trinajstić information content (AvgIpc) is 2.38. The number of nitrogens with one attached hydrogen (secondary N) is 2. The van der Waals surface area contributed by atoms with Gasteiger partial charge in [0.15, 0.2) is 0 Å². The number of hydrogen-bond donors (Lipinski definition) is 3. The lowest BCUT2D eigenvalue weighted by atomic mass is 9.99. The lowest BCUT2D eigenvalue weighted by Crippen LogP contribution is -2.40. The molecule has 1 fully saturated rings. The summed E-state index contributed by atoms with van der Waals surface area (Å²) in [5.41, 5.74) is 0.754. The van der Waals surface area contributed by atoms with Crippen molar-refractivity contribution in [1.29, 1.82) is 0 Å². The molecule has 92 valence electrons. The van der Waals surface area contributed by atoms with Crippen LogP contribution in [0.1, 0.15) is 18.4 Å². The summed E-state index contributed by atoms with van der Waals surface area (Å²) >= 11 is 0. The topological polar surface area (TPSA) is 61.4 Å². The van der Waals surface area contributed by atoms with Crippen LogP contribution in [-0.2, 0) is 11.3 Å². The number of carbonyl (C=O) groups excluding carboxylic acids is 1. The molecule has 0 aliphatic carbocycles. The average molecular weight is 234 g/mol. The number of carbonyl (C=O) groups is 1. The first-order valence-electron chi connectivity index (χ1n) is 6.02. The molecule has 4 heteroatoms. The van der Waals surface area contributed by atoms with Gasteiger partial charge in [-0.15, -0.1) is 0 Å². The van der Waals surface area contributed by atoms with Crippen molar-refractivity contribution < 1.29 is 9.90 Å². The van der Waals surface area contributed by atoms with Crippen LogP contribution in [0.4, 0.5) is 0 Å². The minimum Gasteiger partial charge on any atom is -0.508 e. The Labute approximate surface area is 101 Å². The maximum absolute atomic E-state index is 11.8. The van der Waals surface area contributed by atoms with Crippen LogP contribution >= 0.6 is 0 Å². The second kappa shape index (κ2) is 5.68. The molecule has 0 spiro atoms. The minimum atomic E-state index is 0.0644. The highest BCUT2D eigenvalue weighted by Gasteiger charge is 2.20. The highest BCUT2D eigenvalue weighted by Crippen LogP contribution is 2.16. The number of piperidine rings is 1. The van der Waals surface area contributed by atoms with Gasteiger partial charge in [0.1, 0.15) is 5.75 Å². The van der Waals surface area contributed by atoms with Crippen molar-refractivity contribution >= 4 is 5.91 Å². The van der Waals surface area contributed by atoms with Gasteiger partial charge in [0.25, 0.3) is 0 Å². The standard InChI is InChI=1S/C13H18N2O2/c16-12-6-2-1-4-10(12)9-15-13(17)11-5-3-7-14-8-11/h1-2,4,6,11,14,16H,3,5,7-9H2,(H,15,17). The zero-order chi connectivity index (χ0) is 12.1. The first kappa shape index (κ1) is 11.9. The van der Waals surface area contributed by atoms with Crippen LogP contribution in [0.5, 0.6) is 5.75 Å². The Kier molecular flexibility index (Phi) is 3.98. The first-order valence-corrected chi connectivity index (χ1v) is 6.02. The number of rotatable bonds is 3. The number of aromatic hydroxyl groups is 1. The number of phenols is 1. The summed E-state index contributed by atoms with van der Waals surface area (Å²) in [5, 5.41) is 15.7. The molecule has 3 N–H and O–H groups in total. The fourth-order valence-electron chi connectivity index (χ4n) is 2.06. The number of phenolic OH excluding ortho intramolecular Hbond substituents is 1. The Morgan fingerprint density at radius 3 is 3.00 bits per heavy atom. The normalized spacial score (nSPS) is 19.9. The van der Waals surface area contributed by atoms with E-state index in [0.29, 0.717) is 6.54 Å². The SMILES string of the molecule is O=C(NCc1ccccc1O)C1CCCNC1. The van der Waals surface area contributed by atoms with Gasteiger partial charge in [-0.05, 0) is 25.5 Å². The van der Waals surface area contributed by atoms with Crippen molar-refractivity contribution in [3.63, 3.8) is 0 Å². The van der Waals surface area contributed by atoms with Crippen molar-refractivity contribution in [1.82, 2.24) is 10.6 Å². The molecule has 1 heterocycles. The van der Waals surface area contributed by atoms with Crippen LogP contribution < -0.4 is 10.6 Å². The molecule has 1 amide bonds. The van der Waals surface area contributed by atoms with Crippen LogP contribution in [0, 0.1) is 5.92 Å². The monoisotopic (exact) mass is 234 g/mol. The van der Waals surface area contributed by atoms with Gasteiger partial charge in [0, 0.05) is 18.7 Å². The van der Waals surface area contributed by atoms with Crippen LogP contribution in [0.15, 0.2) is 24.3 Å². The summed E-state index contributed by atoms with van der Waals surface area (Å²) in [6, 6.07) is 7.06. The second-order valence-corrected chi connectivity index (χ2v) is 4.39. The molecule has 1 aliphatic heterocycles. The van der Waals surface area contributed by atoms with Crippen molar-refractivity contribution in [2.45, 2.75) is 19.4 Å². The molecule has 2 rings (SSSR count). The van der Waals surface area contributed by atoms with Gasteiger partial charge >= 0.3 is 0 Å². The summed E-state index contributed by atoms with van der Waals surface area (Å²) in [6.45, 7) is 2.15. The van der Waals surface area contributed by atoms with Gasteiger partial charge in [-0.25, -0.2) is 0 Å². The van der Waals surface area contributed by atoms with E-state index in [0.717, 1.165) is 31.5 Å². The van der Waals surface area contributed by atoms with Crippen LogP contribution in [0.3, 0.4) is 0 Å². The fourth-order valence-corrected chi connectivity index (χ4v) is 2.06. The number of amides is 1. The van der Waals surface area contributed by atoms with E-state index in [9.17, 15) is 9.90 Å². The quantitative estimate of drug-likeness (QED) is 0.731. The molecule has 1 atom stereocenters. The number of benzene rings is 1. The van der Waals surface area contributed by atoms with Gasteiger partial charge in [0.05, 0.1) is 5.92 Å². The zero-order valence-corrected chi connectivity index (χ0v) is 9.78. The van der Waals surface area contributed by atoms with E-state index < -0.39 is 0 Å². The molecule has 1 unspecified atom stereocenters. The summed E-state index contributed by atoms with van der Waals surface area (Å²) in [4.78, 5) is 11.8. The highest BCUT2D eigenvalue weighted by molar-refractivity contribution is 5.79. The van der Waals surface area contributed by atoms with E-state index in [1.165, 1.54) is 0 Å². The molecule has 0 bridgehead atoms. The van der Waals surface area contributed by atoms with E-state index in [2.05, 4.69) is 10.6 Å². The maximum Gasteiger partial charge on any atom is 0.224 e. The highest BCUT2D eigenvalue weighted by atomic mass is 16.3. The Morgan fingerprint density at radius 1 is 1.47 bits per heavy atom. The lowest BCUT2D eigenvalue weighted by molar-refractivity contribution is -0.125. The van der Waals surface area contributed by atoms with Gasteiger partial charge in [-0.1, -0.05) is 18.2 Å². The van der Waals surface area contributed by atoms with Crippen molar-refractivity contribution in [2.24, 2.45) is 5.92 Å². The van der Waals surface area contributed by atoms with E-state index in [4.69, 9.17) is 0 Å². The first-order chi connectivity index (χ1) is 8.27. The van der Waals surface area contributed by atoms with Gasteiger partial charge in [-0.2, -0.15) is 0 Å². The predicted molar refractivity (Wildman–Crippen MR) is 65.5 cm³/mol. The van der Waals surface area contributed by atoms with Gasteiger partial charge in [-0.3, -0.25) is 4.79 Å². The Bertz CT molecular complexity index is 387. The van der Waals surface area contributed by atoms with E-state index in [-0.39, 0.29) is 17.6 Å². The molecule has 0 radical (unpaired) electrons. The van der Waals surface area contributed by atoms with Crippen molar-refractivity contribution in [3.8, 4) is 5.75 Å². The van der Waals surface area contributed by atoms with Gasteiger partial charge < -0.3 is 15.7 Å². The molecular weight excluding hydrogens is 216 g/mol. The molecule has 1 saturated heterocycles. The Morgan fingerprint density at radius 2 is 2.29 bits per heavy atom.